The molecule has 1 atom stereocenters. The first-order chi connectivity index (χ1) is 9.29. The number of fused-ring (bicyclic) bond motifs is 2. The molecule has 2 aromatic carbocycles. The van der Waals surface area contributed by atoms with E-state index in [1.54, 1.807) is 0 Å². The Morgan fingerprint density at radius 3 is 2.63 bits per heavy atom. The Balaban J connectivity index is 2.08. The maximum absolute atomic E-state index is 6.17. The van der Waals surface area contributed by atoms with Crippen molar-refractivity contribution in [3.05, 3.63) is 58.6 Å². The van der Waals surface area contributed by atoms with Gasteiger partial charge in [-0.1, -0.05) is 41.6 Å². The van der Waals surface area contributed by atoms with E-state index in [0.717, 1.165) is 17.9 Å². The van der Waals surface area contributed by atoms with Crippen molar-refractivity contribution < 1.29 is 0 Å². The number of alkyl halides is 1. The molecule has 3 rings (SSSR count). The molecule has 98 valence electrons. The van der Waals surface area contributed by atoms with Crippen LogP contribution in [0.4, 0.5) is 0 Å². The lowest BCUT2D eigenvalue weighted by Gasteiger charge is -2.28. The Labute approximate surface area is 128 Å². The maximum atomic E-state index is 6.17. The largest absolute Gasteiger partial charge is 0.127 e. The van der Waals surface area contributed by atoms with E-state index in [9.17, 15) is 0 Å². The Hall–Kier alpha value is -0.630. The molecule has 0 nitrogen and oxygen atoms in total. The van der Waals surface area contributed by atoms with Crippen LogP contribution in [0, 0.1) is 0 Å². The summed E-state index contributed by atoms with van der Waals surface area (Å²) < 4.78 is 0. The summed E-state index contributed by atoms with van der Waals surface area (Å²) in [6, 6.07) is 14.9. The van der Waals surface area contributed by atoms with E-state index in [1.165, 1.54) is 20.9 Å². The summed E-state index contributed by atoms with van der Waals surface area (Å²) in [5.41, 5.74) is 2.76. The highest BCUT2D eigenvalue weighted by molar-refractivity contribution is 7.99. The molecule has 19 heavy (non-hydrogen) atoms. The van der Waals surface area contributed by atoms with Crippen LogP contribution < -0.4 is 0 Å². The van der Waals surface area contributed by atoms with Crippen LogP contribution in [-0.4, -0.2) is 5.88 Å². The fourth-order valence-electron chi connectivity index (χ4n) is 2.62. The van der Waals surface area contributed by atoms with Crippen molar-refractivity contribution in [1.82, 2.24) is 0 Å². The Morgan fingerprint density at radius 2 is 1.79 bits per heavy atom. The molecule has 0 aliphatic carbocycles. The van der Waals surface area contributed by atoms with E-state index in [-0.39, 0.29) is 0 Å². The number of hydrogen-bond acceptors (Lipinski definition) is 1. The minimum Gasteiger partial charge on any atom is -0.127 e. The highest BCUT2D eigenvalue weighted by Gasteiger charge is 2.25. The quantitative estimate of drug-likeness (QED) is 0.631. The van der Waals surface area contributed by atoms with Gasteiger partial charge in [0.1, 0.15) is 0 Å². The fraction of sp³-hybridized carbons (Fsp3) is 0.250. The third kappa shape index (κ3) is 2.65. The van der Waals surface area contributed by atoms with E-state index in [4.69, 9.17) is 23.2 Å². The fourth-order valence-corrected chi connectivity index (χ4v) is 4.13. The number of rotatable bonds is 3. The van der Waals surface area contributed by atoms with Gasteiger partial charge in [0.2, 0.25) is 0 Å². The second-order valence-electron chi connectivity index (χ2n) is 4.71. The average molecular weight is 309 g/mol. The number of halogens is 2. The van der Waals surface area contributed by atoms with Gasteiger partial charge in [-0.25, -0.2) is 0 Å². The van der Waals surface area contributed by atoms with Crippen LogP contribution in [0.1, 0.15) is 29.9 Å². The van der Waals surface area contributed by atoms with Crippen LogP contribution >= 0.6 is 35.0 Å². The van der Waals surface area contributed by atoms with Crippen LogP contribution in [0.5, 0.6) is 0 Å². The van der Waals surface area contributed by atoms with Crippen LogP contribution in [0.15, 0.2) is 52.3 Å². The molecule has 0 aromatic heterocycles. The smallest absolute Gasteiger partial charge is 0.0409 e. The topological polar surface area (TPSA) is 0 Å². The third-order valence-corrected chi connectivity index (χ3v) is 5.17. The summed E-state index contributed by atoms with van der Waals surface area (Å²) >= 11 is 13.9. The predicted octanol–water partition coefficient (Wildman–Crippen LogP) is 5.96. The predicted molar refractivity (Wildman–Crippen MR) is 83.8 cm³/mol. The summed E-state index contributed by atoms with van der Waals surface area (Å²) in [5.74, 6) is 1.13. The van der Waals surface area contributed by atoms with Crippen LogP contribution in [0.25, 0.3) is 0 Å². The Kier molecular flexibility index (Phi) is 4.07. The van der Waals surface area contributed by atoms with Gasteiger partial charge in [-0.15, -0.1) is 11.6 Å². The Morgan fingerprint density at radius 1 is 1.00 bits per heavy atom. The first-order valence-corrected chi connectivity index (χ1v) is 8.14. The summed E-state index contributed by atoms with van der Waals surface area (Å²) in [7, 11) is 0. The molecule has 0 radical (unpaired) electrons. The lowest BCUT2D eigenvalue weighted by molar-refractivity contribution is 0.676. The van der Waals surface area contributed by atoms with Crippen LogP contribution in [-0.2, 0) is 0 Å². The standard InChI is InChI=1S/C16H14Cl2S/c17-9-3-5-12-13-4-1-2-6-15(13)19-16-8-7-11(18)10-14(12)16/h1-2,4,6-8,10,12H,3,5,9H2. The van der Waals surface area contributed by atoms with Crippen LogP contribution in [0.2, 0.25) is 5.02 Å². The highest BCUT2D eigenvalue weighted by Crippen LogP contribution is 2.48. The normalized spacial score (nSPS) is 16.8. The van der Waals surface area contributed by atoms with Gasteiger partial charge in [0.05, 0.1) is 0 Å². The summed E-state index contributed by atoms with van der Waals surface area (Å²) in [5, 5.41) is 0.814. The molecule has 0 saturated carbocycles. The summed E-state index contributed by atoms with van der Waals surface area (Å²) in [6.07, 6.45) is 2.10. The van der Waals surface area contributed by atoms with E-state index in [1.807, 2.05) is 17.8 Å². The first kappa shape index (κ1) is 13.4. The van der Waals surface area contributed by atoms with Crippen molar-refractivity contribution in [2.24, 2.45) is 0 Å². The molecule has 0 N–H and O–H groups in total. The molecule has 1 aliphatic heterocycles. The molecular weight excluding hydrogens is 295 g/mol. The van der Waals surface area contributed by atoms with Gasteiger partial charge in [-0.3, -0.25) is 0 Å². The van der Waals surface area contributed by atoms with Crippen molar-refractivity contribution >= 4 is 35.0 Å². The zero-order valence-electron chi connectivity index (χ0n) is 10.4. The average Bonchev–Trinajstić information content (AvgIpc) is 2.44. The first-order valence-electron chi connectivity index (χ1n) is 6.42. The van der Waals surface area contributed by atoms with E-state index in [0.29, 0.717) is 11.8 Å². The van der Waals surface area contributed by atoms with E-state index < -0.39 is 0 Å². The van der Waals surface area contributed by atoms with Gasteiger partial charge in [-0.2, -0.15) is 0 Å². The summed E-state index contributed by atoms with van der Waals surface area (Å²) in [4.78, 5) is 2.68. The molecule has 0 saturated heterocycles. The summed E-state index contributed by atoms with van der Waals surface area (Å²) in [6.45, 7) is 0. The second-order valence-corrected chi connectivity index (χ2v) is 6.60. The van der Waals surface area contributed by atoms with Gasteiger partial charge in [-0.05, 0) is 48.2 Å². The monoisotopic (exact) mass is 308 g/mol. The third-order valence-electron chi connectivity index (χ3n) is 3.49. The molecule has 0 fully saturated rings. The molecule has 1 aliphatic rings. The van der Waals surface area contributed by atoms with E-state index in [2.05, 4.69) is 36.4 Å². The van der Waals surface area contributed by atoms with Crippen molar-refractivity contribution in [2.75, 3.05) is 5.88 Å². The van der Waals surface area contributed by atoms with Crippen molar-refractivity contribution in [2.45, 2.75) is 28.6 Å². The Bertz CT molecular complexity index is 595. The molecule has 0 spiro atoms. The van der Waals surface area contributed by atoms with Crippen LogP contribution in [0.3, 0.4) is 0 Å². The zero-order valence-corrected chi connectivity index (χ0v) is 12.7. The van der Waals surface area contributed by atoms with Crippen molar-refractivity contribution in [1.29, 1.82) is 0 Å². The van der Waals surface area contributed by atoms with Crippen molar-refractivity contribution in [3.63, 3.8) is 0 Å². The minimum atomic E-state index is 0.421. The van der Waals surface area contributed by atoms with E-state index >= 15 is 0 Å². The minimum absolute atomic E-state index is 0.421. The molecule has 1 unspecified atom stereocenters. The molecule has 0 bridgehead atoms. The maximum Gasteiger partial charge on any atom is 0.0409 e. The van der Waals surface area contributed by atoms with Crippen molar-refractivity contribution in [3.8, 4) is 0 Å². The van der Waals surface area contributed by atoms with Gasteiger partial charge in [0, 0.05) is 26.6 Å². The molecule has 0 amide bonds. The number of benzene rings is 2. The lowest BCUT2D eigenvalue weighted by Crippen LogP contribution is -2.08. The SMILES string of the molecule is ClCCCC1c2ccccc2Sc2ccc(Cl)cc21. The van der Waals surface area contributed by atoms with Gasteiger partial charge >= 0.3 is 0 Å². The zero-order chi connectivity index (χ0) is 13.2. The molecular formula is C16H14Cl2S. The van der Waals surface area contributed by atoms with Gasteiger partial charge in [0.25, 0.3) is 0 Å². The molecule has 3 heteroatoms. The highest BCUT2D eigenvalue weighted by atomic mass is 35.5. The molecule has 1 heterocycles. The lowest BCUT2D eigenvalue weighted by atomic mass is 9.87. The molecule has 2 aromatic rings. The van der Waals surface area contributed by atoms with Gasteiger partial charge in [0.15, 0.2) is 0 Å². The number of hydrogen-bond donors (Lipinski definition) is 0. The second kappa shape index (κ2) is 5.78. The van der Waals surface area contributed by atoms with Gasteiger partial charge < -0.3 is 0 Å².